The van der Waals surface area contributed by atoms with Gasteiger partial charge in [0.25, 0.3) is 0 Å². The minimum absolute atomic E-state index is 0.0258. The van der Waals surface area contributed by atoms with Crippen LogP contribution in [-0.4, -0.2) is 24.9 Å². The van der Waals surface area contributed by atoms with Crippen LogP contribution in [0.1, 0.15) is 71.1 Å². The molecule has 0 aliphatic rings. The molecule has 0 heterocycles. The second-order valence-electron chi connectivity index (χ2n) is 4.55. The average Bonchev–Trinajstić information content (AvgIpc) is 2.35. The minimum Gasteiger partial charge on any atom is -0.394 e. The fraction of sp³-hybridized carbons (Fsp3) is 1.00. The Morgan fingerprint density at radius 1 is 0.647 bits per heavy atom. The van der Waals surface area contributed by atoms with Crippen LogP contribution in [0, 0.1) is 0 Å². The summed E-state index contributed by atoms with van der Waals surface area (Å²) >= 11 is 0. The summed E-state index contributed by atoms with van der Waals surface area (Å²) in [4.78, 5) is 9.60. The molecule has 104 valence electrons. The van der Waals surface area contributed by atoms with Crippen molar-refractivity contribution >= 4 is 0 Å². The van der Waals surface area contributed by atoms with Crippen LogP contribution in [0.4, 0.5) is 0 Å². The van der Waals surface area contributed by atoms with Crippen LogP contribution in [0.5, 0.6) is 0 Å². The molecule has 0 aliphatic carbocycles. The fourth-order valence-electron chi connectivity index (χ4n) is 1.80. The first-order valence-corrected chi connectivity index (χ1v) is 7.27. The third kappa shape index (κ3) is 15.9. The molecule has 0 saturated carbocycles. The molecule has 0 aliphatic heterocycles. The van der Waals surface area contributed by atoms with Crippen LogP contribution in [0.15, 0.2) is 0 Å². The van der Waals surface area contributed by atoms with Gasteiger partial charge in [0.1, 0.15) is 6.61 Å². The highest BCUT2D eigenvalue weighted by molar-refractivity contribution is 4.46. The van der Waals surface area contributed by atoms with Gasteiger partial charge in [-0.1, -0.05) is 64.7 Å². The molecule has 0 aromatic carbocycles. The third-order valence-electron chi connectivity index (χ3n) is 2.84. The molecule has 3 nitrogen and oxygen atoms in total. The van der Waals surface area contributed by atoms with Crippen molar-refractivity contribution in [3.05, 3.63) is 0 Å². The SMILES string of the molecule is CCCCCCCCCCCCOOCCO. The number of unbranched alkanes of at least 4 members (excludes halogenated alkanes) is 9. The molecule has 17 heavy (non-hydrogen) atoms. The monoisotopic (exact) mass is 246 g/mol. The topological polar surface area (TPSA) is 38.7 Å². The molecule has 0 bridgehead atoms. The van der Waals surface area contributed by atoms with E-state index >= 15 is 0 Å². The Morgan fingerprint density at radius 3 is 1.65 bits per heavy atom. The summed E-state index contributed by atoms with van der Waals surface area (Å²) in [6, 6.07) is 0. The Kier molecular flexibility index (Phi) is 15.8. The second-order valence-corrected chi connectivity index (χ2v) is 4.55. The Bertz CT molecular complexity index is 115. The van der Waals surface area contributed by atoms with Crippen LogP contribution in [0.3, 0.4) is 0 Å². The van der Waals surface area contributed by atoms with E-state index in [1.807, 2.05) is 0 Å². The van der Waals surface area contributed by atoms with Gasteiger partial charge in [-0.15, -0.1) is 0 Å². The highest BCUT2D eigenvalue weighted by atomic mass is 17.2. The van der Waals surface area contributed by atoms with E-state index in [4.69, 9.17) is 14.9 Å². The first-order valence-electron chi connectivity index (χ1n) is 7.27. The van der Waals surface area contributed by atoms with E-state index in [2.05, 4.69) is 6.92 Å². The maximum Gasteiger partial charge on any atom is 0.105 e. The maximum absolute atomic E-state index is 8.44. The van der Waals surface area contributed by atoms with E-state index < -0.39 is 0 Å². The van der Waals surface area contributed by atoms with Gasteiger partial charge in [-0.25, -0.2) is 9.78 Å². The van der Waals surface area contributed by atoms with E-state index in [1.165, 1.54) is 57.8 Å². The number of hydrogen-bond donors (Lipinski definition) is 1. The Hall–Kier alpha value is -0.120. The van der Waals surface area contributed by atoms with E-state index in [0.717, 1.165) is 6.42 Å². The summed E-state index contributed by atoms with van der Waals surface area (Å²) in [5, 5.41) is 8.44. The molecule has 0 fully saturated rings. The van der Waals surface area contributed by atoms with Crippen molar-refractivity contribution in [2.75, 3.05) is 19.8 Å². The fourth-order valence-corrected chi connectivity index (χ4v) is 1.80. The van der Waals surface area contributed by atoms with Crippen LogP contribution < -0.4 is 0 Å². The Balaban J connectivity index is 2.85. The van der Waals surface area contributed by atoms with Gasteiger partial charge in [0.2, 0.25) is 0 Å². The molecule has 1 N–H and O–H groups in total. The van der Waals surface area contributed by atoms with E-state index in [0.29, 0.717) is 6.61 Å². The van der Waals surface area contributed by atoms with Gasteiger partial charge in [-0.2, -0.15) is 0 Å². The molecule has 0 amide bonds. The van der Waals surface area contributed by atoms with Gasteiger partial charge < -0.3 is 5.11 Å². The van der Waals surface area contributed by atoms with E-state index in [-0.39, 0.29) is 13.2 Å². The smallest absolute Gasteiger partial charge is 0.105 e. The molecule has 0 unspecified atom stereocenters. The van der Waals surface area contributed by atoms with Crippen molar-refractivity contribution in [3.63, 3.8) is 0 Å². The quantitative estimate of drug-likeness (QED) is 0.287. The summed E-state index contributed by atoms with van der Waals surface area (Å²) in [5.74, 6) is 0. The number of hydrogen-bond acceptors (Lipinski definition) is 3. The average molecular weight is 246 g/mol. The van der Waals surface area contributed by atoms with Gasteiger partial charge in [0, 0.05) is 0 Å². The third-order valence-corrected chi connectivity index (χ3v) is 2.84. The highest BCUT2D eigenvalue weighted by Crippen LogP contribution is 2.10. The van der Waals surface area contributed by atoms with Gasteiger partial charge in [0.15, 0.2) is 0 Å². The first-order chi connectivity index (χ1) is 8.41. The molecular weight excluding hydrogens is 216 g/mol. The van der Waals surface area contributed by atoms with Crippen LogP contribution in [0.25, 0.3) is 0 Å². The predicted molar refractivity (Wildman–Crippen MR) is 70.8 cm³/mol. The molecule has 0 atom stereocenters. The van der Waals surface area contributed by atoms with Crippen LogP contribution in [0.2, 0.25) is 0 Å². The summed E-state index contributed by atoms with van der Waals surface area (Å²) in [6.07, 6.45) is 13.3. The minimum atomic E-state index is 0.0258. The molecule has 0 radical (unpaired) electrons. The van der Waals surface area contributed by atoms with Gasteiger partial charge >= 0.3 is 0 Å². The molecular formula is C14H30O3. The van der Waals surface area contributed by atoms with Crippen molar-refractivity contribution in [3.8, 4) is 0 Å². The van der Waals surface area contributed by atoms with Gasteiger partial charge in [-0.3, -0.25) is 0 Å². The van der Waals surface area contributed by atoms with Crippen LogP contribution in [-0.2, 0) is 9.78 Å². The lowest BCUT2D eigenvalue weighted by Crippen LogP contribution is -2.01. The molecule has 0 rings (SSSR count). The molecule has 0 aromatic heterocycles. The summed E-state index contributed by atoms with van der Waals surface area (Å²) < 4.78 is 0. The molecule has 0 spiro atoms. The van der Waals surface area contributed by atoms with Crippen molar-refractivity contribution in [2.24, 2.45) is 0 Å². The lowest BCUT2D eigenvalue weighted by molar-refractivity contribution is -0.298. The number of rotatable bonds is 14. The molecule has 3 heteroatoms. The zero-order valence-electron chi connectivity index (χ0n) is 11.5. The number of aliphatic hydroxyl groups excluding tert-OH is 1. The van der Waals surface area contributed by atoms with Crippen molar-refractivity contribution < 1.29 is 14.9 Å². The lowest BCUT2D eigenvalue weighted by Gasteiger charge is -2.03. The zero-order chi connectivity index (χ0) is 12.6. The second kappa shape index (κ2) is 15.9. The zero-order valence-corrected chi connectivity index (χ0v) is 11.5. The highest BCUT2D eigenvalue weighted by Gasteiger charge is 1.93. The molecule has 0 aromatic rings. The van der Waals surface area contributed by atoms with E-state index in [9.17, 15) is 0 Å². The Labute approximate surface area is 106 Å². The maximum atomic E-state index is 8.44. The van der Waals surface area contributed by atoms with Crippen molar-refractivity contribution in [1.29, 1.82) is 0 Å². The van der Waals surface area contributed by atoms with Gasteiger partial charge in [0.05, 0.1) is 13.2 Å². The number of aliphatic hydroxyl groups is 1. The summed E-state index contributed by atoms with van der Waals surface area (Å²) in [5.41, 5.74) is 0. The normalized spacial score (nSPS) is 10.9. The standard InChI is InChI=1S/C14H30O3/c1-2-3-4-5-6-7-8-9-10-11-13-16-17-14-12-15/h15H,2-14H2,1H3. The first kappa shape index (κ1) is 16.9. The van der Waals surface area contributed by atoms with Crippen molar-refractivity contribution in [2.45, 2.75) is 71.1 Å². The Morgan fingerprint density at radius 2 is 1.12 bits per heavy atom. The van der Waals surface area contributed by atoms with Gasteiger partial charge in [-0.05, 0) is 6.42 Å². The van der Waals surface area contributed by atoms with Crippen LogP contribution >= 0.6 is 0 Å². The lowest BCUT2D eigenvalue weighted by atomic mass is 10.1. The largest absolute Gasteiger partial charge is 0.394 e. The van der Waals surface area contributed by atoms with Crippen molar-refractivity contribution in [1.82, 2.24) is 0 Å². The van der Waals surface area contributed by atoms with E-state index in [1.54, 1.807) is 0 Å². The molecule has 0 saturated heterocycles. The summed E-state index contributed by atoms with van der Waals surface area (Å²) in [7, 11) is 0. The summed E-state index contributed by atoms with van der Waals surface area (Å²) in [6.45, 7) is 3.21. The predicted octanol–water partition coefficient (Wildman–Crippen LogP) is 3.85.